The topological polar surface area (TPSA) is 114 Å². The van der Waals surface area contributed by atoms with Gasteiger partial charge in [-0.05, 0) is 102 Å². The molecule has 0 fully saturated rings. The highest BCUT2D eigenvalue weighted by Crippen LogP contribution is 2.38. The van der Waals surface area contributed by atoms with Gasteiger partial charge in [0.25, 0.3) is 7.82 Å². The first-order valence-corrected chi connectivity index (χ1v) is 39.7. The predicted octanol–water partition coefficient (Wildman–Crippen LogP) is 24.1. The molecule has 0 saturated heterocycles. The van der Waals surface area contributed by atoms with E-state index >= 15 is 0 Å². The van der Waals surface area contributed by atoms with Crippen molar-refractivity contribution >= 4 is 19.7 Å². The number of carbonyl (C=O) groups excluding carboxylic acids is 2. The fraction of sp³-hybridized carbons (Fsp3) is 0.823. The molecule has 0 aliphatic carbocycles. The van der Waals surface area contributed by atoms with Crippen LogP contribution in [0.4, 0.5) is 0 Å². The first-order chi connectivity index (χ1) is 43.4. The van der Waals surface area contributed by atoms with Gasteiger partial charge < -0.3 is 28.5 Å². The van der Waals surface area contributed by atoms with Gasteiger partial charge in [-0.2, -0.15) is 0 Å². The number of likely N-dealkylation sites (N-methyl/N-ethyl adjacent to an activating group) is 1. The molecule has 1 amide bonds. The maximum absolute atomic E-state index is 13.6. The monoisotopic (exact) mass is 1270 g/mol. The standard InChI is InChI=1S/C79H147N2O7P/c1-7-10-13-16-19-22-25-27-29-31-33-35-37-39-40-42-43-45-47-49-51-53-56-59-62-65-68-71-78(82)80-76(75-87-89(84,85)86-74-73-81(4,5)6)77(70-67-64-61-58-55-24-21-18-15-12-9-3)88-79(83)72-69-66-63-60-57-54-52-50-48-46-44-41-38-36-34-32-30-28-26-23-20-17-14-11-8-2/h19-20,22-23,27-30,33,35,67,70,76-77H,7-18,21,24-26,31-32,34,36-66,68-69,71-75H2,1-6H3,(H-,80,82,84,85)/b22-19-,23-20-,29-27-,30-28-,35-33-,70-67+. The SMILES string of the molecule is CCCCC/C=C\C/C=C\C/C=C\CCCCCCCCCCCCCCCCC(=O)NC(COP(=O)([O-])OCC[N+](C)(C)C)C(/C=C/CCCCCCCCCCC)OC(=O)CCCCCCCCCCCCCCCCC/C=C\C/C=C\CCCCC. The fourth-order valence-corrected chi connectivity index (χ4v) is 11.9. The lowest BCUT2D eigenvalue weighted by atomic mass is 10.0. The minimum absolute atomic E-state index is 0.0224. The number of quaternary nitrogens is 1. The largest absolute Gasteiger partial charge is 0.756 e. The van der Waals surface area contributed by atoms with Crippen LogP contribution in [0, 0.1) is 0 Å². The van der Waals surface area contributed by atoms with E-state index in [0.717, 1.165) is 77.0 Å². The summed E-state index contributed by atoms with van der Waals surface area (Å²) in [5, 5.41) is 3.05. The Morgan fingerprint density at radius 1 is 0.393 bits per heavy atom. The lowest BCUT2D eigenvalue weighted by Gasteiger charge is -2.30. The van der Waals surface area contributed by atoms with Crippen molar-refractivity contribution in [2.75, 3.05) is 40.9 Å². The summed E-state index contributed by atoms with van der Waals surface area (Å²) in [5.74, 6) is -0.528. The molecule has 0 rings (SSSR count). The Labute approximate surface area is 553 Å². The molecule has 3 atom stereocenters. The molecule has 0 aliphatic rings. The summed E-state index contributed by atoms with van der Waals surface area (Å²) in [6.07, 6.45) is 90.4. The fourth-order valence-electron chi connectivity index (χ4n) is 11.2. The number of ether oxygens (including phenoxy) is 1. The van der Waals surface area contributed by atoms with Crippen LogP contribution in [-0.4, -0.2) is 69.4 Å². The van der Waals surface area contributed by atoms with Crippen molar-refractivity contribution in [3.8, 4) is 0 Å². The van der Waals surface area contributed by atoms with Gasteiger partial charge in [0.1, 0.15) is 19.3 Å². The van der Waals surface area contributed by atoms with Gasteiger partial charge in [-0.3, -0.25) is 14.2 Å². The molecule has 89 heavy (non-hydrogen) atoms. The highest BCUT2D eigenvalue weighted by Gasteiger charge is 2.27. The number of nitrogens with one attached hydrogen (secondary N) is 1. The Morgan fingerprint density at radius 2 is 0.685 bits per heavy atom. The number of esters is 1. The third kappa shape index (κ3) is 69.6. The molecule has 0 spiro atoms. The maximum atomic E-state index is 13.6. The third-order valence-electron chi connectivity index (χ3n) is 17.1. The van der Waals surface area contributed by atoms with E-state index in [1.165, 1.54) is 257 Å². The van der Waals surface area contributed by atoms with Gasteiger partial charge >= 0.3 is 5.97 Å². The first kappa shape index (κ1) is 86.5. The van der Waals surface area contributed by atoms with Crippen LogP contribution in [0.3, 0.4) is 0 Å². The van der Waals surface area contributed by atoms with Crippen molar-refractivity contribution in [1.29, 1.82) is 0 Å². The molecule has 1 N–H and O–H groups in total. The second-order valence-electron chi connectivity index (χ2n) is 27.1. The number of carbonyl (C=O) groups is 2. The second kappa shape index (κ2) is 68.3. The van der Waals surface area contributed by atoms with Gasteiger partial charge in [-0.15, -0.1) is 0 Å². The number of hydrogen-bond acceptors (Lipinski definition) is 7. The number of unbranched alkanes of at least 4 members (excludes halogenated alkanes) is 44. The molecule has 0 saturated carbocycles. The number of rotatable bonds is 70. The van der Waals surface area contributed by atoms with Crippen molar-refractivity contribution in [2.45, 2.75) is 380 Å². The zero-order valence-electron chi connectivity index (χ0n) is 59.6. The molecule has 0 radical (unpaired) electrons. The molecule has 0 aliphatic heterocycles. The number of hydrogen-bond donors (Lipinski definition) is 1. The summed E-state index contributed by atoms with van der Waals surface area (Å²) in [6, 6.07) is -0.891. The van der Waals surface area contributed by atoms with E-state index in [1.807, 2.05) is 33.3 Å². The van der Waals surface area contributed by atoms with Crippen LogP contribution in [0.25, 0.3) is 0 Å². The van der Waals surface area contributed by atoms with Crippen LogP contribution in [0.2, 0.25) is 0 Å². The summed E-state index contributed by atoms with van der Waals surface area (Å²) in [6.45, 7) is 6.83. The van der Waals surface area contributed by atoms with E-state index in [-0.39, 0.29) is 31.5 Å². The van der Waals surface area contributed by atoms with Crippen LogP contribution in [-0.2, 0) is 27.9 Å². The number of allylic oxidation sites excluding steroid dienone is 11. The van der Waals surface area contributed by atoms with Crippen LogP contribution >= 0.6 is 7.82 Å². The molecule has 9 nitrogen and oxygen atoms in total. The number of amides is 1. The second-order valence-corrected chi connectivity index (χ2v) is 28.6. The molecule has 10 heteroatoms. The summed E-state index contributed by atoms with van der Waals surface area (Å²) in [7, 11) is 1.19. The lowest BCUT2D eigenvalue weighted by molar-refractivity contribution is -0.870. The van der Waals surface area contributed by atoms with Crippen molar-refractivity contribution in [3.63, 3.8) is 0 Å². The van der Waals surface area contributed by atoms with Crippen LogP contribution in [0.15, 0.2) is 72.9 Å². The van der Waals surface area contributed by atoms with E-state index in [0.29, 0.717) is 17.4 Å². The normalized spacial score (nSPS) is 13.8. The van der Waals surface area contributed by atoms with Crippen LogP contribution in [0.5, 0.6) is 0 Å². The Balaban J connectivity index is 4.91. The average Bonchev–Trinajstić information content (AvgIpc) is 3.70. The number of nitrogens with zero attached hydrogens (tertiary/aromatic N) is 1. The summed E-state index contributed by atoms with van der Waals surface area (Å²) >= 11 is 0. The van der Waals surface area contributed by atoms with Crippen molar-refractivity contribution in [3.05, 3.63) is 72.9 Å². The van der Waals surface area contributed by atoms with Crippen molar-refractivity contribution in [1.82, 2.24) is 5.32 Å². The van der Waals surface area contributed by atoms with Gasteiger partial charge in [0.15, 0.2) is 0 Å². The molecule has 0 heterocycles. The quantitative estimate of drug-likeness (QED) is 0.0212. The minimum Gasteiger partial charge on any atom is -0.756 e. The summed E-state index contributed by atoms with van der Waals surface area (Å²) in [4.78, 5) is 40.3. The Bertz CT molecular complexity index is 1750. The summed E-state index contributed by atoms with van der Waals surface area (Å²) in [5.41, 5.74) is 0. The highest BCUT2D eigenvalue weighted by atomic mass is 31.2. The van der Waals surface area contributed by atoms with E-state index < -0.39 is 20.0 Å². The maximum Gasteiger partial charge on any atom is 0.306 e. The Morgan fingerprint density at radius 3 is 1.04 bits per heavy atom. The molecule has 0 aromatic heterocycles. The number of phosphoric ester groups is 1. The van der Waals surface area contributed by atoms with E-state index in [1.54, 1.807) is 0 Å². The van der Waals surface area contributed by atoms with E-state index in [9.17, 15) is 19.0 Å². The molecule has 0 aromatic rings. The van der Waals surface area contributed by atoms with Crippen molar-refractivity contribution < 1.29 is 37.3 Å². The third-order valence-corrected chi connectivity index (χ3v) is 18.1. The van der Waals surface area contributed by atoms with Gasteiger partial charge in [-0.25, -0.2) is 0 Å². The lowest BCUT2D eigenvalue weighted by Crippen LogP contribution is -2.47. The van der Waals surface area contributed by atoms with Crippen LogP contribution in [0.1, 0.15) is 367 Å². The van der Waals surface area contributed by atoms with Crippen molar-refractivity contribution in [2.24, 2.45) is 0 Å². The summed E-state index contributed by atoms with van der Waals surface area (Å²) < 4.78 is 30.5. The van der Waals surface area contributed by atoms with Crippen LogP contribution < -0.4 is 10.2 Å². The Hall–Kier alpha value is -2.55. The highest BCUT2D eigenvalue weighted by molar-refractivity contribution is 7.45. The smallest absolute Gasteiger partial charge is 0.306 e. The molecule has 0 bridgehead atoms. The van der Waals surface area contributed by atoms with Gasteiger partial charge in [0, 0.05) is 12.8 Å². The molecular formula is C79H147N2O7P. The van der Waals surface area contributed by atoms with Gasteiger partial charge in [-0.1, -0.05) is 325 Å². The van der Waals surface area contributed by atoms with Gasteiger partial charge in [0.05, 0.1) is 33.8 Å². The first-order valence-electron chi connectivity index (χ1n) is 38.2. The molecule has 520 valence electrons. The Kier molecular flexibility index (Phi) is 66.4. The number of phosphoric acid groups is 1. The zero-order valence-corrected chi connectivity index (χ0v) is 60.5. The molecule has 0 aromatic carbocycles. The van der Waals surface area contributed by atoms with E-state index in [4.69, 9.17) is 13.8 Å². The van der Waals surface area contributed by atoms with Gasteiger partial charge in [0.2, 0.25) is 5.91 Å². The minimum atomic E-state index is -4.71. The predicted molar refractivity (Wildman–Crippen MR) is 385 cm³/mol. The molecule has 3 unspecified atom stereocenters. The average molecular weight is 1270 g/mol. The van der Waals surface area contributed by atoms with E-state index in [2.05, 4.69) is 86.8 Å². The molecular weight excluding hydrogens is 1120 g/mol. The zero-order chi connectivity index (χ0) is 64.9.